The Bertz CT molecular complexity index is 663. The van der Waals surface area contributed by atoms with Gasteiger partial charge in [-0.25, -0.2) is 9.97 Å². The zero-order chi connectivity index (χ0) is 15.4. The van der Waals surface area contributed by atoms with Crippen LogP contribution in [0, 0.1) is 10.1 Å². The van der Waals surface area contributed by atoms with Crippen LogP contribution < -0.4 is 10.6 Å². The highest BCUT2D eigenvalue weighted by Gasteiger charge is 2.23. The van der Waals surface area contributed by atoms with E-state index in [0.29, 0.717) is 10.7 Å². The normalized spacial score (nSPS) is 10.5. The summed E-state index contributed by atoms with van der Waals surface area (Å²) < 4.78 is 0. The summed E-state index contributed by atoms with van der Waals surface area (Å²) in [5.74, 6) is 0.287. The third kappa shape index (κ3) is 3.79. The first-order chi connectivity index (χ1) is 9.97. The number of nitro groups is 1. The minimum atomic E-state index is -0.516. The number of rotatable bonds is 5. The molecule has 0 bridgehead atoms. The molecule has 0 amide bonds. The van der Waals surface area contributed by atoms with Gasteiger partial charge < -0.3 is 10.6 Å². The van der Waals surface area contributed by atoms with Crippen LogP contribution in [0.1, 0.15) is 13.8 Å². The molecule has 0 radical (unpaired) electrons. The smallest absolute Gasteiger partial charge is 0.353 e. The Morgan fingerprint density at radius 3 is 2.62 bits per heavy atom. The third-order valence-electron chi connectivity index (χ3n) is 2.52. The molecule has 0 aliphatic rings. The van der Waals surface area contributed by atoms with Gasteiger partial charge >= 0.3 is 5.69 Å². The second-order valence-electron chi connectivity index (χ2n) is 4.61. The summed E-state index contributed by atoms with van der Waals surface area (Å²) in [6.07, 6.45) is 1.27. The van der Waals surface area contributed by atoms with E-state index in [9.17, 15) is 10.1 Å². The van der Waals surface area contributed by atoms with Crippen LogP contribution in [-0.2, 0) is 0 Å². The molecule has 2 N–H and O–H groups in total. The van der Waals surface area contributed by atoms with Gasteiger partial charge in [-0.2, -0.15) is 0 Å². The van der Waals surface area contributed by atoms with E-state index < -0.39 is 4.92 Å². The topological polar surface area (TPSA) is 93.0 Å². The van der Waals surface area contributed by atoms with E-state index in [-0.39, 0.29) is 23.4 Å². The SMILES string of the molecule is CC(C)Nc1ncnc(Nc2cccc(Cl)c2)c1[N+](=O)[O-]. The molecule has 0 aliphatic carbocycles. The zero-order valence-corrected chi connectivity index (χ0v) is 12.3. The molecule has 1 aromatic heterocycles. The maximum atomic E-state index is 11.3. The Labute approximate surface area is 126 Å². The third-order valence-corrected chi connectivity index (χ3v) is 2.75. The minimum Gasteiger partial charge on any atom is -0.362 e. The van der Waals surface area contributed by atoms with Gasteiger partial charge in [0.1, 0.15) is 6.33 Å². The van der Waals surface area contributed by atoms with Crippen molar-refractivity contribution in [1.82, 2.24) is 9.97 Å². The van der Waals surface area contributed by atoms with Gasteiger partial charge in [0.05, 0.1) is 4.92 Å². The molecule has 0 saturated heterocycles. The lowest BCUT2D eigenvalue weighted by atomic mass is 10.3. The molecule has 0 spiro atoms. The van der Waals surface area contributed by atoms with Crippen molar-refractivity contribution in [3.63, 3.8) is 0 Å². The summed E-state index contributed by atoms with van der Waals surface area (Å²) in [6.45, 7) is 3.74. The van der Waals surface area contributed by atoms with Gasteiger partial charge in [-0.05, 0) is 32.0 Å². The van der Waals surface area contributed by atoms with Crippen LogP contribution in [0.5, 0.6) is 0 Å². The lowest BCUT2D eigenvalue weighted by molar-refractivity contribution is -0.383. The molecule has 0 unspecified atom stereocenters. The highest BCUT2D eigenvalue weighted by molar-refractivity contribution is 6.30. The lowest BCUT2D eigenvalue weighted by Crippen LogP contribution is -2.14. The van der Waals surface area contributed by atoms with Crippen LogP contribution >= 0.6 is 11.6 Å². The van der Waals surface area contributed by atoms with Crippen LogP contribution in [0.15, 0.2) is 30.6 Å². The number of halogens is 1. The Kier molecular flexibility index (Phi) is 4.54. The predicted molar refractivity (Wildman–Crippen MR) is 82.2 cm³/mol. The first-order valence-corrected chi connectivity index (χ1v) is 6.63. The fourth-order valence-corrected chi connectivity index (χ4v) is 1.92. The van der Waals surface area contributed by atoms with E-state index in [1.165, 1.54) is 6.33 Å². The van der Waals surface area contributed by atoms with Crippen molar-refractivity contribution in [3.05, 3.63) is 45.7 Å². The van der Waals surface area contributed by atoms with E-state index >= 15 is 0 Å². The molecular weight excluding hydrogens is 294 g/mol. The van der Waals surface area contributed by atoms with Crippen molar-refractivity contribution < 1.29 is 4.92 Å². The number of nitrogens with one attached hydrogen (secondary N) is 2. The van der Waals surface area contributed by atoms with E-state index in [1.54, 1.807) is 24.3 Å². The Balaban J connectivity index is 2.41. The monoisotopic (exact) mass is 307 g/mol. The van der Waals surface area contributed by atoms with Gasteiger partial charge in [0.2, 0.25) is 11.6 Å². The quantitative estimate of drug-likeness (QED) is 0.647. The largest absolute Gasteiger partial charge is 0.362 e. The average molecular weight is 308 g/mol. The summed E-state index contributed by atoms with van der Waals surface area (Å²) in [5, 5.41) is 17.7. The molecule has 2 aromatic rings. The summed E-state index contributed by atoms with van der Waals surface area (Å²) in [6, 6.07) is 6.87. The van der Waals surface area contributed by atoms with Crippen molar-refractivity contribution >= 4 is 34.6 Å². The predicted octanol–water partition coefficient (Wildman–Crippen LogP) is 3.60. The Morgan fingerprint density at radius 2 is 2.00 bits per heavy atom. The van der Waals surface area contributed by atoms with Gasteiger partial charge in [-0.1, -0.05) is 17.7 Å². The molecule has 110 valence electrons. The molecule has 0 fully saturated rings. The van der Waals surface area contributed by atoms with E-state index in [4.69, 9.17) is 11.6 Å². The number of hydrogen-bond acceptors (Lipinski definition) is 6. The van der Waals surface area contributed by atoms with Crippen LogP contribution in [0.2, 0.25) is 5.02 Å². The number of nitrogens with zero attached hydrogens (tertiary/aromatic N) is 3. The van der Waals surface area contributed by atoms with Crippen LogP contribution in [0.3, 0.4) is 0 Å². The van der Waals surface area contributed by atoms with Crippen molar-refractivity contribution in [1.29, 1.82) is 0 Å². The fourth-order valence-electron chi connectivity index (χ4n) is 1.73. The molecule has 21 heavy (non-hydrogen) atoms. The summed E-state index contributed by atoms with van der Waals surface area (Å²) in [4.78, 5) is 18.7. The maximum absolute atomic E-state index is 11.3. The van der Waals surface area contributed by atoms with Crippen LogP contribution in [-0.4, -0.2) is 20.9 Å². The maximum Gasteiger partial charge on any atom is 0.353 e. The molecule has 1 heterocycles. The molecule has 2 rings (SSSR count). The minimum absolute atomic E-state index is 0.0117. The molecular formula is C13H14ClN5O2. The fraction of sp³-hybridized carbons (Fsp3) is 0.231. The molecule has 8 heteroatoms. The highest BCUT2D eigenvalue weighted by atomic mass is 35.5. The van der Waals surface area contributed by atoms with E-state index in [0.717, 1.165) is 0 Å². The summed E-state index contributed by atoms with van der Waals surface area (Å²) >= 11 is 5.89. The summed E-state index contributed by atoms with van der Waals surface area (Å²) in [5.41, 5.74) is 0.408. The first kappa shape index (κ1) is 15.0. The number of anilines is 3. The first-order valence-electron chi connectivity index (χ1n) is 6.26. The molecule has 0 aliphatic heterocycles. The Morgan fingerprint density at radius 1 is 1.29 bits per heavy atom. The van der Waals surface area contributed by atoms with E-state index in [1.807, 2.05) is 13.8 Å². The van der Waals surface area contributed by atoms with Gasteiger partial charge in [-0.3, -0.25) is 10.1 Å². The van der Waals surface area contributed by atoms with Crippen molar-refractivity contribution in [2.75, 3.05) is 10.6 Å². The van der Waals surface area contributed by atoms with Crippen molar-refractivity contribution in [3.8, 4) is 0 Å². The number of benzene rings is 1. The molecule has 1 aromatic carbocycles. The standard InChI is InChI=1S/C13H14ClN5O2/c1-8(2)17-12-11(19(20)21)13(16-7-15-12)18-10-5-3-4-9(14)6-10/h3-8H,1-2H3,(H2,15,16,17,18). The second kappa shape index (κ2) is 6.36. The molecule has 0 saturated carbocycles. The van der Waals surface area contributed by atoms with Crippen molar-refractivity contribution in [2.45, 2.75) is 19.9 Å². The Hall–Kier alpha value is -2.41. The number of hydrogen-bond donors (Lipinski definition) is 2. The second-order valence-corrected chi connectivity index (χ2v) is 5.05. The molecule has 0 atom stereocenters. The van der Waals surface area contributed by atoms with Crippen LogP contribution in [0.25, 0.3) is 0 Å². The molecule has 7 nitrogen and oxygen atoms in total. The zero-order valence-electron chi connectivity index (χ0n) is 11.5. The lowest BCUT2D eigenvalue weighted by Gasteiger charge is -2.11. The van der Waals surface area contributed by atoms with E-state index in [2.05, 4.69) is 20.6 Å². The average Bonchev–Trinajstić information content (AvgIpc) is 2.37. The number of aromatic nitrogens is 2. The van der Waals surface area contributed by atoms with Crippen molar-refractivity contribution in [2.24, 2.45) is 0 Å². The van der Waals surface area contributed by atoms with Gasteiger partial charge in [-0.15, -0.1) is 0 Å². The van der Waals surface area contributed by atoms with Crippen LogP contribution in [0.4, 0.5) is 23.0 Å². The highest BCUT2D eigenvalue weighted by Crippen LogP contribution is 2.31. The summed E-state index contributed by atoms with van der Waals surface area (Å²) in [7, 11) is 0. The van der Waals surface area contributed by atoms with Gasteiger partial charge in [0.25, 0.3) is 0 Å². The van der Waals surface area contributed by atoms with Gasteiger partial charge in [0, 0.05) is 16.8 Å². The van der Waals surface area contributed by atoms with Gasteiger partial charge in [0.15, 0.2) is 0 Å².